The maximum Gasteiger partial charge on any atom is 0.338 e. The molecule has 0 heterocycles. The minimum Gasteiger partial charge on any atom is -0.493 e. The molecular weight excluding hydrogens is 402 g/mol. The third kappa shape index (κ3) is 5.66. The van der Waals surface area contributed by atoms with Gasteiger partial charge in [-0.2, -0.15) is 0 Å². The van der Waals surface area contributed by atoms with Crippen molar-refractivity contribution in [2.24, 2.45) is 0 Å². The number of rotatable bonds is 9. The molecule has 0 atom stereocenters. The van der Waals surface area contributed by atoms with Gasteiger partial charge in [0.2, 0.25) is 0 Å². The number of carbonyl (C=O) groups excluding carboxylic acids is 2. The number of hydrogen-bond donors (Lipinski definition) is 0. The molecule has 0 amide bonds. The Hall–Kier alpha value is -4.20. The molecule has 0 spiro atoms. The number of carbonyl (C=O) groups is 2. The highest BCUT2D eigenvalue weighted by molar-refractivity contribution is 5.99. The monoisotopic (exact) mass is 421 g/mol. The fourth-order valence-electron chi connectivity index (χ4n) is 2.70. The van der Waals surface area contributed by atoms with Crippen LogP contribution in [0.2, 0.25) is 0 Å². The summed E-state index contributed by atoms with van der Waals surface area (Å²) in [6.45, 7) is -0.177. The second-order valence-corrected chi connectivity index (χ2v) is 6.44. The van der Waals surface area contributed by atoms with Crippen molar-refractivity contribution in [3.05, 3.63) is 99.6 Å². The topological polar surface area (TPSA) is 105 Å². The zero-order valence-electron chi connectivity index (χ0n) is 16.6. The van der Waals surface area contributed by atoms with Crippen LogP contribution >= 0.6 is 0 Å². The number of ketones is 1. The Labute approximate surface area is 178 Å². The summed E-state index contributed by atoms with van der Waals surface area (Å²) in [6.07, 6.45) is 0. The highest BCUT2D eigenvalue weighted by Crippen LogP contribution is 2.26. The lowest BCUT2D eigenvalue weighted by atomic mass is 10.1. The van der Waals surface area contributed by atoms with E-state index in [0.717, 1.165) is 5.56 Å². The molecule has 158 valence electrons. The lowest BCUT2D eigenvalue weighted by molar-refractivity contribution is -0.384. The lowest BCUT2D eigenvalue weighted by Gasteiger charge is -2.10. The average Bonchev–Trinajstić information content (AvgIpc) is 2.81. The predicted molar refractivity (Wildman–Crippen MR) is 111 cm³/mol. The highest BCUT2D eigenvalue weighted by atomic mass is 16.6. The third-order valence-electron chi connectivity index (χ3n) is 4.39. The molecular formula is C23H19NO7. The first-order valence-corrected chi connectivity index (χ1v) is 9.27. The van der Waals surface area contributed by atoms with Crippen molar-refractivity contribution in [1.29, 1.82) is 0 Å². The minimum atomic E-state index is -0.646. The van der Waals surface area contributed by atoms with Crippen LogP contribution in [0.5, 0.6) is 11.5 Å². The van der Waals surface area contributed by atoms with Crippen LogP contribution in [0.15, 0.2) is 72.8 Å². The van der Waals surface area contributed by atoms with Crippen molar-refractivity contribution in [2.75, 3.05) is 13.7 Å². The van der Waals surface area contributed by atoms with Crippen molar-refractivity contribution in [2.45, 2.75) is 6.61 Å². The fourth-order valence-corrected chi connectivity index (χ4v) is 2.70. The van der Waals surface area contributed by atoms with E-state index < -0.39 is 23.3 Å². The molecule has 8 heteroatoms. The number of para-hydroxylation sites is 2. The van der Waals surface area contributed by atoms with Crippen LogP contribution < -0.4 is 9.47 Å². The number of methoxy groups -OCH3 is 1. The maximum absolute atomic E-state index is 12.2. The van der Waals surface area contributed by atoms with Crippen molar-refractivity contribution >= 4 is 17.4 Å². The average molecular weight is 421 g/mol. The third-order valence-corrected chi connectivity index (χ3v) is 4.39. The van der Waals surface area contributed by atoms with Crippen molar-refractivity contribution in [1.82, 2.24) is 0 Å². The van der Waals surface area contributed by atoms with Gasteiger partial charge in [0.1, 0.15) is 6.61 Å². The van der Waals surface area contributed by atoms with Crippen LogP contribution in [0, 0.1) is 10.1 Å². The first-order valence-electron chi connectivity index (χ1n) is 9.27. The van der Waals surface area contributed by atoms with E-state index in [1.165, 1.54) is 24.3 Å². The number of nitro groups is 1. The number of ether oxygens (including phenoxy) is 3. The zero-order chi connectivity index (χ0) is 22.2. The van der Waals surface area contributed by atoms with Crippen molar-refractivity contribution in [3.8, 4) is 11.5 Å². The minimum absolute atomic E-state index is 0.122. The Morgan fingerprint density at radius 1 is 0.871 bits per heavy atom. The molecule has 0 saturated carbocycles. The molecule has 8 nitrogen and oxygen atoms in total. The molecule has 0 radical (unpaired) electrons. The second-order valence-electron chi connectivity index (χ2n) is 6.44. The summed E-state index contributed by atoms with van der Waals surface area (Å²) in [5.41, 5.74) is 1.23. The number of esters is 1. The van der Waals surface area contributed by atoms with E-state index in [1.807, 2.05) is 12.1 Å². The number of non-ortho nitro benzene ring substituents is 1. The van der Waals surface area contributed by atoms with Gasteiger partial charge in [-0.3, -0.25) is 14.9 Å². The van der Waals surface area contributed by atoms with Gasteiger partial charge in [-0.05, 0) is 42.0 Å². The van der Waals surface area contributed by atoms with Crippen LogP contribution in [-0.4, -0.2) is 30.4 Å². The van der Waals surface area contributed by atoms with Crippen molar-refractivity contribution < 1.29 is 28.7 Å². The molecule has 0 aliphatic carbocycles. The van der Waals surface area contributed by atoms with E-state index in [2.05, 4.69) is 0 Å². The number of Topliss-reactive ketones (excluding diaryl/α,β-unsaturated/α-hetero) is 1. The summed E-state index contributed by atoms with van der Waals surface area (Å²) in [4.78, 5) is 34.4. The van der Waals surface area contributed by atoms with Crippen LogP contribution in [0.3, 0.4) is 0 Å². The summed E-state index contributed by atoms with van der Waals surface area (Å²) in [5.74, 6) is 0.135. The first-order chi connectivity index (χ1) is 15.0. The normalized spacial score (nSPS) is 10.2. The molecule has 0 fully saturated rings. The molecule has 0 aliphatic heterocycles. The summed E-state index contributed by atoms with van der Waals surface area (Å²) in [7, 11) is 1.56. The van der Waals surface area contributed by atoms with Gasteiger partial charge in [0.05, 0.1) is 17.6 Å². The Kier molecular flexibility index (Phi) is 6.95. The van der Waals surface area contributed by atoms with Gasteiger partial charge < -0.3 is 14.2 Å². The van der Waals surface area contributed by atoms with Gasteiger partial charge in [0, 0.05) is 17.7 Å². The van der Waals surface area contributed by atoms with Gasteiger partial charge in [-0.15, -0.1) is 0 Å². The standard InChI is InChI=1S/C23H19NO7/c1-29-21-4-2-3-5-22(21)30-14-16-6-8-18(9-7-16)23(26)31-15-20(25)17-10-12-19(13-11-17)24(27)28/h2-13H,14-15H2,1H3. The number of benzene rings is 3. The van der Waals surface area contributed by atoms with E-state index in [-0.39, 0.29) is 23.4 Å². The zero-order valence-corrected chi connectivity index (χ0v) is 16.6. The molecule has 31 heavy (non-hydrogen) atoms. The van der Waals surface area contributed by atoms with E-state index in [9.17, 15) is 19.7 Å². The van der Waals surface area contributed by atoms with Gasteiger partial charge in [-0.1, -0.05) is 24.3 Å². The van der Waals surface area contributed by atoms with Crippen molar-refractivity contribution in [3.63, 3.8) is 0 Å². The SMILES string of the molecule is COc1ccccc1OCc1ccc(C(=O)OCC(=O)c2ccc([N+](=O)[O-])cc2)cc1. The lowest BCUT2D eigenvalue weighted by Crippen LogP contribution is -2.14. The van der Waals surface area contributed by atoms with Crippen LogP contribution in [-0.2, 0) is 11.3 Å². The van der Waals surface area contributed by atoms with Gasteiger partial charge in [0.25, 0.3) is 5.69 Å². The summed E-state index contributed by atoms with van der Waals surface area (Å²) < 4.78 is 16.0. The molecule has 0 aliphatic rings. The fraction of sp³-hybridized carbons (Fsp3) is 0.130. The van der Waals surface area contributed by atoms with E-state index in [0.29, 0.717) is 11.5 Å². The Bertz CT molecular complexity index is 1080. The summed E-state index contributed by atoms with van der Waals surface area (Å²) in [6, 6.07) is 19.0. The second kappa shape index (κ2) is 10.0. The molecule has 3 aromatic carbocycles. The maximum atomic E-state index is 12.2. The van der Waals surface area contributed by atoms with Gasteiger partial charge in [0.15, 0.2) is 23.9 Å². The Morgan fingerprint density at radius 3 is 2.10 bits per heavy atom. The molecule has 0 aromatic heterocycles. The number of nitrogens with zero attached hydrogens (tertiary/aromatic N) is 1. The van der Waals surface area contributed by atoms with Crippen LogP contribution in [0.1, 0.15) is 26.3 Å². The molecule has 0 saturated heterocycles. The summed E-state index contributed by atoms with van der Waals surface area (Å²) >= 11 is 0. The molecule has 0 bridgehead atoms. The van der Waals surface area contributed by atoms with Gasteiger partial charge >= 0.3 is 5.97 Å². The number of hydrogen-bond acceptors (Lipinski definition) is 7. The number of nitro benzene ring substituents is 1. The van der Waals surface area contributed by atoms with E-state index in [4.69, 9.17) is 14.2 Å². The molecule has 3 rings (SSSR count). The predicted octanol–water partition coefficient (Wildman–Crippen LogP) is 4.22. The van der Waals surface area contributed by atoms with E-state index in [1.54, 1.807) is 43.5 Å². The smallest absolute Gasteiger partial charge is 0.338 e. The molecule has 3 aromatic rings. The molecule has 0 N–H and O–H groups in total. The van der Waals surface area contributed by atoms with E-state index >= 15 is 0 Å². The van der Waals surface area contributed by atoms with Crippen LogP contribution in [0.4, 0.5) is 5.69 Å². The quantitative estimate of drug-likeness (QED) is 0.220. The largest absolute Gasteiger partial charge is 0.493 e. The Balaban J connectivity index is 1.52. The Morgan fingerprint density at radius 2 is 1.48 bits per heavy atom. The first kappa shape index (κ1) is 21.5. The molecule has 0 unspecified atom stereocenters. The highest BCUT2D eigenvalue weighted by Gasteiger charge is 2.13. The van der Waals surface area contributed by atoms with Crippen LogP contribution in [0.25, 0.3) is 0 Å². The van der Waals surface area contributed by atoms with Gasteiger partial charge in [-0.25, -0.2) is 4.79 Å². The summed E-state index contributed by atoms with van der Waals surface area (Å²) in [5, 5.41) is 10.7.